The average Bonchev–Trinajstić information content (AvgIpc) is 1.36. The summed E-state index contributed by atoms with van der Waals surface area (Å²) < 4.78 is 8.38. The number of halogens is 4. The van der Waals surface area contributed by atoms with Gasteiger partial charge in [0.15, 0.2) is 0 Å². The van der Waals surface area contributed by atoms with Crippen molar-refractivity contribution < 1.29 is 48.5 Å². The molecule has 0 aromatic carbocycles. The van der Waals surface area contributed by atoms with E-state index in [4.69, 9.17) is 36.1 Å². The van der Waals surface area contributed by atoms with Gasteiger partial charge in [-0.3, -0.25) is 0 Å². The van der Waals surface area contributed by atoms with Crippen LogP contribution in [0.5, 0.6) is 0 Å². The Morgan fingerprint density at radius 1 is 1.00 bits per heavy atom. The first kappa shape index (κ1) is 12.6. The van der Waals surface area contributed by atoms with Crippen LogP contribution < -0.4 is 0 Å². The van der Waals surface area contributed by atoms with Gasteiger partial charge in [0.05, 0.1) is 0 Å². The predicted octanol–water partition coefficient (Wildman–Crippen LogP) is 2.63. The molecule has 0 atom stereocenters. The molecule has 0 aromatic rings. The molecule has 7 heavy (non-hydrogen) atoms. The zero-order chi connectivity index (χ0) is 6.50. The maximum absolute atomic E-state index is 8.38. The SMILES string of the molecule is [Cl][Zr]([Cl])([Cl])[Cl].[O]=[Y]. The molecule has 0 heterocycles. The number of rotatable bonds is 0. The van der Waals surface area contributed by atoms with Crippen molar-refractivity contribution in [1.29, 1.82) is 0 Å². The van der Waals surface area contributed by atoms with Crippen molar-refractivity contribution in [2.75, 3.05) is 0 Å². The van der Waals surface area contributed by atoms with Crippen molar-refractivity contribution in [2.24, 2.45) is 0 Å². The van der Waals surface area contributed by atoms with E-state index in [1.54, 1.807) is 0 Å². The van der Waals surface area contributed by atoms with Crippen molar-refractivity contribution in [3.8, 4) is 0 Å². The van der Waals surface area contributed by atoms with Crippen molar-refractivity contribution in [3.05, 3.63) is 0 Å². The fourth-order valence-electron chi connectivity index (χ4n) is 0. The van der Waals surface area contributed by atoms with E-state index in [-0.39, 0.29) is 31.0 Å². The molecule has 0 saturated carbocycles. The van der Waals surface area contributed by atoms with Gasteiger partial charge in [0.2, 0.25) is 0 Å². The topological polar surface area (TPSA) is 17.1 Å². The molecule has 1 nitrogen and oxygen atoms in total. The molecule has 0 fully saturated rings. The van der Waals surface area contributed by atoms with Crippen LogP contribution in [-0.2, 0) is 48.5 Å². The summed E-state index contributed by atoms with van der Waals surface area (Å²) in [6, 6.07) is 0. The Kier molecular flexibility index (Phi) is 12.7. The Labute approximate surface area is 80.7 Å². The summed E-state index contributed by atoms with van der Waals surface area (Å²) in [6.45, 7) is 0. The summed E-state index contributed by atoms with van der Waals surface area (Å²) in [6.07, 6.45) is 0. The van der Waals surface area contributed by atoms with E-state index in [9.17, 15) is 0 Å². The molecule has 0 bridgehead atoms. The third-order valence-electron chi connectivity index (χ3n) is 0. The second-order valence-electron chi connectivity index (χ2n) is 0.429. The molecular weight excluding hydrogens is 338 g/mol. The van der Waals surface area contributed by atoms with Crippen molar-refractivity contribution >= 4 is 34.1 Å². The van der Waals surface area contributed by atoms with Crippen LogP contribution in [-0.4, -0.2) is 0 Å². The van der Waals surface area contributed by atoms with Crippen LogP contribution in [0.3, 0.4) is 0 Å². The van der Waals surface area contributed by atoms with Gasteiger partial charge in [0, 0.05) is 0 Å². The average molecular weight is 338 g/mol. The summed E-state index contributed by atoms with van der Waals surface area (Å²) >= 11 is -3.19. The zero-order valence-corrected chi connectivity index (χ0v) is 11.3. The van der Waals surface area contributed by atoms with Gasteiger partial charge < -0.3 is 0 Å². The zero-order valence-electron chi connectivity index (χ0n) is 3.00. The van der Waals surface area contributed by atoms with E-state index in [1.807, 2.05) is 0 Å². The van der Waals surface area contributed by atoms with Gasteiger partial charge in [0.25, 0.3) is 0 Å². The van der Waals surface area contributed by atoms with Gasteiger partial charge >= 0.3 is 82.6 Å². The summed E-state index contributed by atoms with van der Waals surface area (Å²) in [5, 5.41) is 0. The first-order chi connectivity index (χ1) is 3.00. The van der Waals surface area contributed by atoms with Crippen molar-refractivity contribution in [2.45, 2.75) is 0 Å². The molecule has 0 aromatic heterocycles. The summed E-state index contributed by atoms with van der Waals surface area (Å²) in [5.41, 5.74) is 0. The molecule has 0 spiro atoms. The quantitative estimate of drug-likeness (QED) is 0.664. The monoisotopic (exact) mass is 335 g/mol. The Bertz CT molecular complexity index is 35.4. The molecule has 0 N–H and O–H groups in total. The standard InChI is InChI=1S/4ClH.O.Y.Zr/h4*1H;;;/q;;;;;;+4/p-4. The van der Waals surface area contributed by atoms with Gasteiger partial charge in [0.1, 0.15) is 0 Å². The fourth-order valence-corrected chi connectivity index (χ4v) is 0. The van der Waals surface area contributed by atoms with Crippen LogP contribution in [0.1, 0.15) is 0 Å². The third-order valence-corrected chi connectivity index (χ3v) is 0. The maximum atomic E-state index is 8.38. The first-order valence-corrected chi connectivity index (χ1v) is 14.8. The predicted molar refractivity (Wildman–Crippen MR) is 24.1 cm³/mol. The van der Waals surface area contributed by atoms with Crippen LogP contribution in [0, 0.1) is 0 Å². The molecule has 0 radical (unpaired) electrons. The summed E-state index contributed by atoms with van der Waals surface area (Å²) in [7, 11) is 20.1. The molecule has 0 unspecified atom stereocenters. The minimum absolute atomic E-state index is 0.100. The number of hydrogen-bond donors (Lipinski definition) is 0. The van der Waals surface area contributed by atoms with Crippen LogP contribution in [0.25, 0.3) is 0 Å². The van der Waals surface area contributed by atoms with E-state index in [0.717, 1.165) is 0 Å². The van der Waals surface area contributed by atoms with Crippen LogP contribution in [0.4, 0.5) is 0 Å². The van der Waals surface area contributed by atoms with Crippen LogP contribution in [0.2, 0.25) is 0 Å². The molecule has 0 aliphatic carbocycles. The van der Waals surface area contributed by atoms with Crippen LogP contribution >= 0.6 is 34.1 Å². The summed E-state index contributed by atoms with van der Waals surface area (Å²) in [5.74, 6) is 0. The van der Waals surface area contributed by atoms with E-state index >= 15 is 0 Å². The molecule has 7 heteroatoms. The molecule has 0 rings (SSSR count). The normalized spacial score (nSPS) is 9.43. The van der Waals surface area contributed by atoms with Gasteiger partial charge in [-0.05, 0) is 0 Å². The molecule has 0 amide bonds. The van der Waals surface area contributed by atoms with Crippen LogP contribution in [0.15, 0.2) is 0 Å². The fraction of sp³-hybridized carbons (Fsp3) is 0. The van der Waals surface area contributed by atoms with Gasteiger partial charge in [-0.25, -0.2) is 0 Å². The second-order valence-corrected chi connectivity index (χ2v) is 22.8. The van der Waals surface area contributed by atoms with E-state index < -0.39 is 15.5 Å². The Morgan fingerprint density at radius 2 is 1.00 bits per heavy atom. The van der Waals surface area contributed by atoms with E-state index in [0.29, 0.717) is 0 Å². The Morgan fingerprint density at radius 3 is 1.00 bits per heavy atom. The van der Waals surface area contributed by atoms with Gasteiger partial charge in [-0.2, -0.15) is 0 Å². The summed E-state index contributed by atoms with van der Waals surface area (Å²) in [4.78, 5) is 0. The van der Waals surface area contributed by atoms with Crippen molar-refractivity contribution in [1.82, 2.24) is 0 Å². The Hall–Kier alpha value is 2.95. The molecule has 41 valence electrons. The Balaban J connectivity index is 0. The van der Waals surface area contributed by atoms with Gasteiger partial charge in [-0.1, -0.05) is 0 Å². The molecular formula is Cl4OYZr. The third kappa shape index (κ3) is 49.7. The molecule has 0 saturated heterocycles. The second kappa shape index (κ2) is 7.06. The number of hydrogen-bond acceptors (Lipinski definition) is 1. The van der Waals surface area contributed by atoms with Crippen molar-refractivity contribution in [3.63, 3.8) is 0 Å². The first-order valence-electron chi connectivity index (χ1n) is 0.992. The van der Waals surface area contributed by atoms with E-state index in [2.05, 4.69) is 0 Å². The van der Waals surface area contributed by atoms with Gasteiger partial charge in [-0.15, -0.1) is 0 Å². The molecule has 0 aliphatic heterocycles. The van der Waals surface area contributed by atoms with E-state index in [1.165, 1.54) is 0 Å². The minimum atomic E-state index is -3.29. The molecule has 0 aliphatic rings.